The van der Waals surface area contributed by atoms with Gasteiger partial charge in [0.1, 0.15) is 6.33 Å². The zero-order valence-electron chi connectivity index (χ0n) is 11.8. The summed E-state index contributed by atoms with van der Waals surface area (Å²) in [4.78, 5) is 0. The van der Waals surface area contributed by atoms with Crippen molar-refractivity contribution in [2.75, 3.05) is 11.9 Å². The molecule has 0 saturated carbocycles. The molecule has 0 unspecified atom stereocenters. The molecule has 0 bridgehead atoms. The fourth-order valence-electron chi connectivity index (χ4n) is 2.07. The van der Waals surface area contributed by atoms with E-state index >= 15 is 0 Å². The SMILES string of the molecule is CCCCCCNc1ccc(-c2nncn2C)cc1. The predicted molar refractivity (Wildman–Crippen MR) is 79.1 cm³/mol. The van der Waals surface area contributed by atoms with Crippen molar-refractivity contribution in [1.29, 1.82) is 0 Å². The van der Waals surface area contributed by atoms with Crippen LogP contribution in [0.2, 0.25) is 0 Å². The van der Waals surface area contributed by atoms with Crippen LogP contribution in [0.4, 0.5) is 5.69 Å². The Labute approximate surface area is 114 Å². The van der Waals surface area contributed by atoms with Crippen molar-refractivity contribution in [2.24, 2.45) is 7.05 Å². The van der Waals surface area contributed by atoms with E-state index in [0.717, 1.165) is 17.9 Å². The highest BCUT2D eigenvalue weighted by Crippen LogP contribution is 2.18. The molecule has 102 valence electrons. The van der Waals surface area contributed by atoms with Crippen LogP contribution in [0.5, 0.6) is 0 Å². The smallest absolute Gasteiger partial charge is 0.163 e. The van der Waals surface area contributed by atoms with E-state index in [1.807, 2.05) is 11.6 Å². The van der Waals surface area contributed by atoms with Crippen molar-refractivity contribution in [2.45, 2.75) is 32.6 Å². The summed E-state index contributed by atoms with van der Waals surface area (Å²) in [6.07, 6.45) is 6.87. The lowest BCUT2D eigenvalue weighted by atomic mass is 10.2. The molecule has 1 heterocycles. The molecule has 19 heavy (non-hydrogen) atoms. The van der Waals surface area contributed by atoms with E-state index in [0.29, 0.717) is 0 Å². The van der Waals surface area contributed by atoms with Crippen molar-refractivity contribution in [3.8, 4) is 11.4 Å². The van der Waals surface area contributed by atoms with Crippen molar-refractivity contribution in [3.63, 3.8) is 0 Å². The molecule has 0 aliphatic rings. The van der Waals surface area contributed by atoms with E-state index in [-0.39, 0.29) is 0 Å². The molecular formula is C15H22N4. The van der Waals surface area contributed by atoms with Crippen molar-refractivity contribution < 1.29 is 0 Å². The molecule has 2 rings (SSSR count). The van der Waals surface area contributed by atoms with Gasteiger partial charge in [-0.15, -0.1) is 10.2 Å². The lowest BCUT2D eigenvalue weighted by molar-refractivity contribution is 0.685. The molecule has 1 aromatic carbocycles. The third kappa shape index (κ3) is 3.81. The van der Waals surface area contributed by atoms with Gasteiger partial charge in [-0.1, -0.05) is 26.2 Å². The highest BCUT2D eigenvalue weighted by molar-refractivity contribution is 5.59. The second-order valence-corrected chi connectivity index (χ2v) is 4.83. The van der Waals surface area contributed by atoms with Crippen molar-refractivity contribution in [1.82, 2.24) is 14.8 Å². The highest BCUT2D eigenvalue weighted by Gasteiger charge is 2.03. The third-order valence-corrected chi connectivity index (χ3v) is 3.21. The molecule has 0 fully saturated rings. The number of aromatic nitrogens is 3. The number of nitrogens with zero attached hydrogens (tertiary/aromatic N) is 3. The fourth-order valence-corrected chi connectivity index (χ4v) is 2.07. The summed E-state index contributed by atoms with van der Waals surface area (Å²) in [7, 11) is 1.95. The van der Waals surface area contributed by atoms with Crippen LogP contribution in [0, 0.1) is 0 Å². The number of hydrogen-bond donors (Lipinski definition) is 1. The third-order valence-electron chi connectivity index (χ3n) is 3.21. The molecule has 0 radical (unpaired) electrons. The molecule has 0 aliphatic carbocycles. The van der Waals surface area contributed by atoms with Gasteiger partial charge in [-0.25, -0.2) is 0 Å². The van der Waals surface area contributed by atoms with Gasteiger partial charge in [0.2, 0.25) is 0 Å². The first-order valence-electron chi connectivity index (χ1n) is 6.99. The van der Waals surface area contributed by atoms with Crippen LogP contribution in [-0.2, 0) is 7.05 Å². The maximum atomic E-state index is 4.10. The summed E-state index contributed by atoms with van der Waals surface area (Å²) in [5.74, 6) is 0.898. The summed E-state index contributed by atoms with van der Waals surface area (Å²) in [6.45, 7) is 3.28. The van der Waals surface area contributed by atoms with Gasteiger partial charge in [0.25, 0.3) is 0 Å². The lowest BCUT2D eigenvalue weighted by Gasteiger charge is -2.07. The largest absolute Gasteiger partial charge is 0.385 e. The second-order valence-electron chi connectivity index (χ2n) is 4.83. The first-order chi connectivity index (χ1) is 9.31. The molecule has 1 N–H and O–H groups in total. The van der Waals surface area contributed by atoms with Crippen LogP contribution in [0.3, 0.4) is 0 Å². The van der Waals surface area contributed by atoms with Gasteiger partial charge in [-0.2, -0.15) is 0 Å². The zero-order valence-corrected chi connectivity index (χ0v) is 11.8. The van der Waals surface area contributed by atoms with Crippen LogP contribution >= 0.6 is 0 Å². The minimum atomic E-state index is 0.898. The van der Waals surface area contributed by atoms with Gasteiger partial charge in [-0.3, -0.25) is 0 Å². The lowest BCUT2D eigenvalue weighted by Crippen LogP contribution is -2.01. The standard InChI is InChI=1S/C15H22N4/c1-3-4-5-6-11-16-14-9-7-13(8-10-14)15-18-17-12-19(15)2/h7-10,12,16H,3-6,11H2,1-2H3. The summed E-state index contributed by atoms with van der Waals surface area (Å²) in [5.41, 5.74) is 2.26. The zero-order chi connectivity index (χ0) is 13.5. The fraction of sp³-hybridized carbons (Fsp3) is 0.467. The number of anilines is 1. The van der Waals surface area contributed by atoms with E-state index in [2.05, 4.69) is 46.7 Å². The maximum absolute atomic E-state index is 4.10. The first-order valence-corrected chi connectivity index (χ1v) is 6.99. The van der Waals surface area contributed by atoms with E-state index in [1.54, 1.807) is 6.33 Å². The molecule has 2 aromatic rings. The van der Waals surface area contributed by atoms with Crippen LogP contribution in [0.1, 0.15) is 32.6 Å². The number of unbranched alkanes of at least 4 members (excludes halogenated alkanes) is 3. The Morgan fingerprint density at radius 1 is 1.11 bits per heavy atom. The Hall–Kier alpha value is -1.84. The number of aryl methyl sites for hydroxylation is 1. The second kappa shape index (κ2) is 6.92. The molecule has 0 spiro atoms. The number of hydrogen-bond acceptors (Lipinski definition) is 3. The summed E-state index contributed by atoms with van der Waals surface area (Å²) >= 11 is 0. The first kappa shape index (κ1) is 13.6. The summed E-state index contributed by atoms with van der Waals surface area (Å²) in [6, 6.07) is 8.37. The van der Waals surface area contributed by atoms with Crippen molar-refractivity contribution in [3.05, 3.63) is 30.6 Å². The predicted octanol–water partition coefficient (Wildman–Crippen LogP) is 3.47. The average Bonchev–Trinajstić information content (AvgIpc) is 2.86. The van der Waals surface area contributed by atoms with E-state index in [1.165, 1.54) is 31.4 Å². The molecule has 0 amide bonds. The van der Waals surface area contributed by atoms with Crippen LogP contribution in [0.15, 0.2) is 30.6 Å². The van der Waals surface area contributed by atoms with Crippen molar-refractivity contribution >= 4 is 5.69 Å². The van der Waals surface area contributed by atoms with Gasteiger partial charge in [0.05, 0.1) is 0 Å². The van der Waals surface area contributed by atoms with E-state index in [4.69, 9.17) is 0 Å². The monoisotopic (exact) mass is 258 g/mol. The van der Waals surface area contributed by atoms with Gasteiger partial charge < -0.3 is 9.88 Å². The number of nitrogens with one attached hydrogen (secondary N) is 1. The Balaban J connectivity index is 1.87. The molecule has 4 nitrogen and oxygen atoms in total. The highest BCUT2D eigenvalue weighted by atomic mass is 15.2. The molecule has 0 atom stereocenters. The van der Waals surface area contributed by atoms with Crippen LogP contribution < -0.4 is 5.32 Å². The Kier molecular flexibility index (Phi) is 4.95. The molecule has 0 aliphatic heterocycles. The number of benzene rings is 1. The Bertz CT molecular complexity index is 487. The average molecular weight is 258 g/mol. The number of rotatable bonds is 7. The van der Waals surface area contributed by atoms with Gasteiger partial charge in [0.15, 0.2) is 5.82 Å². The van der Waals surface area contributed by atoms with Crippen LogP contribution in [-0.4, -0.2) is 21.3 Å². The van der Waals surface area contributed by atoms with Gasteiger partial charge in [0, 0.05) is 24.8 Å². The van der Waals surface area contributed by atoms with Gasteiger partial charge >= 0.3 is 0 Å². The minimum absolute atomic E-state index is 0.898. The molecule has 1 aromatic heterocycles. The van der Waals surface area contributed by atoms with E-state index < -0.39 is 0 Å². The minimum Gasteiger partial charge on any atom is -0.385 e. The maximum Gasteiger partial charge on any atom is 0.163 e. The molecular weight excluding hydrogens is 236 g/mol. The van der Waals surface area contributed by atoms with Gasteiger partial charge in [-0.05, 0) is 30.7 Å². The molecule has 0 saturated heterocycles. The Morgan fingerprint density at radius 3 is 2.53 bits per heavy atom. The quantitative estimate of drug-likeness (QED) is 0.773. The molecule has 4 heteroatoms. The summed E-state index contributed by atoms with van der Waals surface area (Å²) < 4.78 is 1.92. The normalized spacial score (nSPS) is 10.6. The van der Waals surface area contributed by atoms with Crippen LogP contribution in [0.25, 0.3) is 11.4 Å². The topological polar surface area (TPSA) is 42.7 Å². The summed E-state index contributed by atoms with van der Waals surface area (Å²) in [5, 5.41) is 11.4. The Morgan fingerprint density at radius 2 is 1.89 bits per heavy atom. The van der Waals surface area contributed by atoms with E-state index in [9.17, 15) is 0 Å².